The second-order valence-electron chi connectivity index (χ2n) is 6.52. The van der Waals surface area contributed by atoms with E-state index in [2.05, 4.69) is 32.2 Å². The van der Waals surface area contributed by atoms with Gasteiger partial charge in [-0.3, -0.25) is 4.79 Å². The van der Waals surface area contributed by atoms with Crippen LogP contribution in [0.1, 0.15) is 52.5 Å². The van der Waals surface area contributed by atoms with Crippen LogP contribution in [0.15, 0.2) is 18.2 Å². The molecule has 1 aromatic carbocycles. The summed E-state index contributed by atoms with van der Waals surface area (Å²) in [5.74, 6) is 0.778. The maximum Gasteiger partial charge on any atom is 0.256 e. The molecule has 0 radical (unpaired) electrons. The first-order valence-corrected chi connectivity index (χ1v) is 8.39. The highest BCUT2D eigenvalue weighted by molar-refractivity contribution is 5.98. The van der Waals surface area contributed by atoms with E-state index in [1.54, 1.807) is 25.1 Å². The summed E-state index contributed by atoms with van der Waals surface area (Å²) in [5, 5.41) is 12.2. The Bertz CT molecular complexity index is 593. The van der Waals surface area contributed by atoms with Gasteiger partial charge in [-0.1, -0.05) is 33.6 Å². The van der Waals surface area contributed by atoms with Gasteiger partial charge in [-0.15, -0.1) is 0 Å². The van der Waals surface area contributed by atoms with Gasteiger partial charge < -0.3 is 14.8 Å². The molecular weight excluding hydrogens is 304 g/mol. The van der Waals surface area contributed by atoms with Crippen molar-refractivity contribution in [3.8, 4) is 11.8 Å². The maximum absolute atomic E-state index is 12.6. The summed E-state index contributed by atoms with van der Waals surface area (Å²) in [6.07, 6.45) is 2.51. The average Bonchev–Trinajstić information content (AvgIpc) is 2.58. The topological polar surface area (TPSA) is 71.3 Å². The van der Waals surface area contributed by atoms with Crippen LogP contribution in [-0.4, -0.2) is 25.2 Å². The SMILES string of the molecule is CCCC[C@@](C)(OC)C(=O)Nc1ccc(OCC(C)C)cc1C#N. The standard InChI is InChI=1S/C19H28N2O3/c1-6-7-10-19(4,23-5)18(22)21-17-9-8-16(11-15(17)12-20)24-13-14(2)3/h8-9,11,14H,6-7,10,13H2,1-5H3,(H,21,22)/t19-/m1/s1. The summed E-state index contributed by atoms with van der Waals surface area (Å²) < 4.78 is 11.0. The van der Waals surface area contributed by atoms with E-state index in [9.17, 15) is 10.1 Å². The zero-order chi connectivity index (χ0) is 18.2. The highest BCUT2D eigenvalue weighted by atomic mass is 16.5. The number of nitrogens with one attached hydrogen (secondary N) is 1. The van der Waals surface area contributed by atoms with E-state index in [-0.39, 0.29) is 5.91 Å². The smallest absolute Gasteiger partial charge is 0.256 e. The van der Waals surface area contributed by atoms with Gasteiger partial charge in [0, 0.05) is 7.11 Å². The van der Waals surface area contributed by atoms with Crippen LogP contribution < -0.4 is 10.1 Å². The summed E-state index contributed by atoms with van der Waals surface area (Å²) in [5.41, 5.74) is -0.0621. The number of rotatable bonds is 9. The van der Waals surface area contributed by atoms with Crippen molar-refractivity contribution in [1.29, 1.82) is 5.26 Å². The van der Waals surface area contributed by atoms with Crippen molar-refractivity contribution < 1.29 is 14.3 Å². The van der Waals surface area contributed by atoms with Gasteiger partial charge in [-0.2, -0.15) is 5.26 Å². The third-order valence-corrected chi connectivity index (χ3v) is 3.88. The van der Waals surface area contributed by atoms with Crippen molar-refractivity contribution in [1.82, 2.24) is 0 Å². The lowest BCUT2D eigenvalue weighted by Crippen LogP contribution is -2.42. The van der Waals surface area contributed by atoms with Crippen molar-refractivity contribution in [2.45, 2.75) is 52.6 Å². The number of hydrogen-bond donors (Lipinski definition) is 1. The van der Waals surface area contributed by atoms with E-state index in [1.807, 2.05) is 0 Å². The number of nitrogens with zero attached hydrogens (tertiary/aromatic N) is 1. The van der Waals surface area contributed by atoms with Crippen LogP contribution in [0.3, 0.4) is 0 Å². The molecule has 0 saturated carbocycles. The summed E-state index contributed by atoms with van der Waals surface area (Å²) in [7, 11) is 1.53. The van der Waals surface area contributed by atoms with E-state index in [1.165, 1.54) is 7.11 Å². The van der Waals surface area contributed by atoms with Crippen LogP contribution in [-0.2, 0) is 9.53 Å². The van der Waals surface area contributed by atoms with Crippen LogP contribution >= 0.6 is 0 Å². The fourth-order valence-corrected chi connectivity index (χ4v) is 2.15. The van der Waals surface area contributed by atoms with Gasteiger partial charge in [0.1, 0.15) is 17.4 Å². The maximum atomic E-state index is 12.6. The number of amides is 1. The molecule has 0 aromatic heterocycles. The van der Waals surface area contributed by atoms with Crippen molar-refractivity contribution in [3.05, 3.63) is 23.8 Å². The molecule has 1 atom stereocenters. The van der Waals surface area contributed by atoms with Crippen LogP contribution in [0.4, 0.5) is 5.69 Å². The van der Waals surface area contributed by atoms with Crippen LogP contribution in [0.5, 0.6) is 5.75 Å². The van der Waals surface area contributed by atoms with Gasteiger partial charge in [-0.05, 0) is 37.5 Å². The minimum atomic E-state index is -0.907. The number of methoxy groups -OCH3 is 1. The molecule has 0 bridgehead atoms. The van der Waals surface area contributed by atoms with Gasteiger partial charge in [0.15, 0.2) is 0 Å². The summed E-state index contributed by atoms with van der Waals surface area (Å²) >= 11 is 0. The van der Waals surface area contributed by atoms with Crippen LogP contribution in [0.25, 0.3) is 0 Å². The first-order chi connectivity index (χ1) is 11.4. The molecule has 0 heterocycles. The van der Waals surface area contributed by atoms with E-state index >= 15 is 0 Å². The number of ether oxygens (including phenoxy) is 2. The van der Waals surface area contributed by atoms with Crippen molar-refractivity contribution in [3.63, 3.8) is 0 Å². The Morgan fingerprint density at radius 3 is 2.67 bits per heavy atom. The Morgan fingerprint density at radius 2 is 2.12 bits per heavy atom. The number of carbonyl (C=O) groups excluding carboxylic acids is 1. The molecule has 0 saturated heterocycles. The van der Waals surface area contributed by atoms with Crippen molar-refractivity contribution in [2.24, 2.45) is 5.92 Å². The number of anilines is 1. The van der Waals surface area contributed by atoms with E-state index < -0.39 is 5.60 Å². The zero-order valence-corrected chi connectivity index (χ0v) is 15.3. The lowest BCUT2D eigenvalue weighted by molar-refractivity contribution is -0.136. The van der Waals surface area contributed by atoms with Gasteiger partial charge >= 0.3 is 0 Å². The van der Waals surface area contributed by atoms with Crippen LogP contribution in [0.2, 0.25) is 0 Å². The molecule has 0 unspecified atom stereocenters. The number of benzene rings is 1. The Labute approximate surface area is 145 Å². The summed E-state index contributed by atoms with van der Waals surface area (Å²) in [4.78, 5) is 12.6. The monoisotopic (exact) mass is 332 g/mol. The van der Waals surface area contributed by atoms with Crippen molar-refractivity contribution >= 4 is 11.6 Å². The summed E-state index contributed by atoms with van der Waals surface area (Å²) in [6.45, 7) is 8.53. The molecule has 1 N–H and O–H groups in total. The molecule has 0 aliphatic heterocycles. The first kappa shape index (κ1) is 20.0. The fraction of sp³-hybridized carbons (Fsp3) is 0.579. The quantitative estimate of drug-likeness (QED) is 0.738. The Kier molecular flexibility index (Phi) is 7.73. The Hall–Kier alpha value is -2.06. The first-order valence-electron chi connectivity index (χ1n) is 8.39. The molecule has 1 rings (SSSR count). The predicted octanol–water partition coefficient (Wildman–Crippen LogP) is 4.13. The highest BCUT2D eigenvalue weighted by Crippen LogP contribution is 2.25. The predicted molar refractivity (Wildman–Crippen MR) is 95.1 cm³/mol. The van der Waals surface area contributed by atoms with Gasteiger partial charge in [0.05, 0.1) is 17.9 Å². The Morgan fingerprint density at radius 1 is 1.42 bits per heavy atom. The lowest BCUT2D eigenvalue weighted by Gasteiger charge is -2.27. The van der Waals surface area contributed by atoms with Gasteiger partial charge in [-0.25, -0.2) is 0 Å². The fourth-order valence-electron chi connectivity index (χ4n) is 2.15. The van der Waals surface area contributed by atoms with E-state index in [4.69, 9.17) is 9.47 Å². The van der Waals surface area contributed by atoms with E-state index in [0.717, 1.165) is 12.8 Å². The molecule has 0 spiro atoms. The molecule has 0 aliphatic carbocycles. The van der Waals surface area contributed by atoms with Gasteiger partial charge in [0.2, 0.25) is 0 Å². The second-order valence-corrected chi connectivity index (χ2v) is 6.52. The largest absolute Gasteiger partial charge is 0.493 e. The minimum absolute atomic E-state index is 0.245. The molecule has 5 heteroatoms. The van der Waals surface area contributed by atoms with Crippen molar-refractivity contribution in [2.75, 3.05) is 19.0 Å². The molecule has 5 nitrogen and oxygen atoms in total. The molecule has 24 heavy (non-hydrogen) atoms. The third kappa shape index (κ3) is 5.54. The molecule has 1 amide bonds. The number of hydrogen-bond acceptors (Lipinski definition) is 4. The lowest BCUT2D eigenvalue weighted by atomic mass is 9.97. The molecule has 0 fully saturated rings. The molecular formula is C19H28N2O3. The summed E-state index contributed by atoms with van der Waals surface area (Å²) in [6, 6.07) is 7.21. The minimum Gasteiger partial charge on any atom is -0.493 e. The normalized spacial score (nSPS) is 13.2. The number of unbranched alkanes of at least 4 members (excludes halogenated alkanes) is 1. The second kappa shape index (κ2) is 9.29. The Balaban J connectivity index is 2.90. The van der Waals surface area contributed by atoms with Gasteiger partial charge in [0.25, 0.3) is 5.91 Å². The third-order valence-electron chi connectivity index (χ3n) is 3.88. The molecule has 0 aliphatic rings. The van der Waals surface area contributed by atoms with Crippen LogP contribution in [0, 0.1) is 17.2 Å². The highest BCUT2D eigenvalue weighted by Gasteiger charge is 2.32. The number of nitriles is 1. The zero-order valence-electron chi connectivity index (χ0n) is 15.3. The average molecular weight is 332 g/mol. The molecule has 1 aromatic rings. The molecule has 132 valence electrons. The van der Waals surface area contributed by atoms with E-state index in [0.29, 0.717) is 35.9 Å². The number of carbonyl (C=O) groups is 1.